The van der Waals surface area contributed by atoms with E-state index in [1.165, 1.54) is 0 Å². The van der Waals surface area contributed by atoms with Gasteiger partial charge in [-0.15, -0.1) is 0 Å². The van der Waals surface area contributed by atoms with Crippen LogP contribution < -0.4 is 10.6 Å². The highest BCUT2D eigenvalue weighted by Gasteiger charge is 2.16. The number of nitrogens with one attached hydrogen (secondary N) is 2. The Morgan fingerprint density at radius 1 is 1.04 bits per heavy atom. The summed E-state index contributed by atoms with van der Waals surface area (Å²) < 4.78 is 0. The molecular formula is C19H21ClN2O2. The molecule has 0 aliphatic heterocycles. The van der Waals surface area contributed by atoms with Gasteiger partial charge in [0.1, 0.15) is 0 Å². The van der Waals surface area contributed by atoms with Crippen molar-refractivity contribution in [3.8, 4) is 0 Å². The van der Waals surface area contributed by atoms with Crippen LogP contribution in [0.4, 0.5) is 5.69 Å². The van der Waals surface area contributed by atoms with E-state index in [0.717, 1.165) is 17.5 Å². The lowest BCUT2D eigenvalue weighted by molar-refractivity contribution is -0.136. The van der Waals surface area contributed by atoms with Gasteiger partial charge in [-0.05, 0) is 41.7 Å². The van der Waals surface area contributed by atoms with Gasteiger partial charge < -0.3 is 10.6 Å². The number of anilines is 1. The van der Waals surface area contributed by atoms with Gasteiger partial charge in [0.15, 0.2) is 0 Å². The fourth-order valence-corrected chi connectivity index (χ4v) is 2.43. The quantitative estimate of drug-likeness (QED) is 0.802. The highest BCUT2D eigenvalue weighted by atomic mass is 35.5. The predicted molar refractivity (Wildman–Crippen MR) is 97.1 cm³/mol. The summed E-state index contributed by atoms with van der Waals surface area (Å²) in [6, 6.07) is 14.6. The first-order chi connectivity index (χ1) is 11.5. The van der Waals surface area contributed by atoms with E-state index in [9.17, 15) is 9.59 Å². The molecule has 0 fully saturated rings. The minimum Gasteiger partial charge on any atom is -0.344 e. The van der Waals surface area contributed by atoms with Gasteiger partial charge in [0.25, 0.3) is 0 Å². The van der Waals surface area contributed by atoms with E-state index in [0.29, 0.717) is 16.6 Å². The Morgan fingerprint density at radius 3 is 2.38 bits per heavy atom. The lowest BCUT2D eigenvalue weighted by Gasteiger charge is -2.15. The van der Waals surface area contributed by atoms with Crippen molar-refractivity contribution in [2.75, 3.05) is 5.32 Å². The largest absolute Gasteiger partial charge is 0.344 e. The highest BCUT2D eigenvalue weighted by molar-refractivity contribution is 6.39. The SMILES string of the molecule is CCC(C)c1ccccc1NC(=O)C(=O)NCc1ccc(Cl)cc1. The molecule has 0 saturated heterocycles. The zero-order chi connectivity index (χ0) is 17.5. The Morgan fingerprint density at radius 2 is 1.71 bits per heavy atom. The van der Waals surface area contributed by atoms with Crippen molar-refractivity contribution in [2.45, 2.75) is 32.7 Å². The minimum atomic E-state index is -0.667. The molecule has 1 atom stereocenters. The number of amides is 2. The molecule has 24 heavy (non-hydrogen) atoms. The van der Waals surface area contributed by atoms with E-state index < -0.39 is 11.8 Å². The molecule has 0 saturated carbocycles. The van der Waals surface area contributed by atoms with E-state index in [1.54, 1.807) is 24.3 Å². The summed E-state index contributed by atoms with van der Waals surface area (Å²) in [5.41, 5.74) is 2.58. The molecule has 0 radical (unpaired) electrons. The molecule has 2 rings (SSSR count). The summed E-state index contributed by atoms with van der Waals surface area (Å²) in [6.07, 6.45) is 0.954. The molecule has 0 bridgehead atoms. The maximum Gasteiger partial charge on any atom is 0.313 e. The van der Waals surface area contributed by atoms with E-state index in [2.05, 4.69) is 24.5 Å². The summed E-state index contributed by atoms with van der Waals surface area (Å²) in [4.78, 5) is 24.1. The van der Waals surface area contributed by atoms with Gasteiger partial charge in [0, 0.05) is 17.3 Å². The fourth-order valence-electron chi connectivity index (χ4n) is 2.30. The van der Waals surface area contributed by atoms with Crippen LogP contribution in [0.1, 0.15) is 37.3 Å². The van der Waals surface area contributed by atoms with Crippen molar-refractivity contribution in [3.63, 3.8) is 0 Å². The summed E-state index contributed by atoms with van der Waals surface area (Å²) >= 11 is 5.82. The second-order valence-electron chi connectivity index (χ2n) is 5.66. The third-order valence-electron chi connectivity index (χ3n) is 3.92. The molecule has 2 aromatic carbocycles. The number of carbonyl (C=O) groups is 2. The minimum absolute atomic E-state index is 0.274. The molecule has 0 aliphatic rings. The topological polar surface area (TPSA) is 58.2 Å². The van der Waals surface area contributed by atoms with Crippen molar-refractivity contribution in [2.24, 2.45) is 0 Å². The van der Waals surface area contributed by atoms with Crippen LogP contribution in [0, 0.1) is 0 Å². The van der Waals surface area contributed by atoms with Gasteiger partial charge in [-0.1, -0.05) is 55.8 Å². The van der Waals surface area contributed by atoms with Gasteiger partial charge in [0.2, 0.25) is 0 Å². The number of halogens is 1. The monoisotopic (exact) mass is 344 g/mol. The maximum atomic E-state index is 12.1. The standard InChI is InChI=1S/C19H21ClN2O2/c1-3-13(2)16-6-4-5-7-17(16)22-19(24)18(23)21-12-14-8-10-15(20)11-9-14/h4-11,13H,3,12H2,1-2H3,(H,21,23)(H,22,24). The molecule has 126 valence electrons. The third kappa shape index (κ3) is 4.83. The van der Waals surface area contributed by atoms with Crippen LogP contribution >= 0.6 is 11.6 Å². The van der Waals surface area contributed by atoms with E-state index in [1.807, 2.05) is 24.3 Å². The summed E-state index contributed by atoms with van der Waals surface area (Å²) in [6.45, 7) is 4.45. The van der Waals surface area contributed by atoms with Gasteiger partial charge in [-0.2, -0.15) is 0 Å². The Kier molecular flexibility index (Phi) is 6.38. The lowest BCUT2D eigenvalue weighted by atomic mass is 9.97. The van der Waals surface area contributed by atoms with Crippen LogP contribution in [0.15, 0.2) is 48.5 Å². The normalized spacial score (nSPS) is 11.6. The first kappa shape index (κ1) is 18.0. The van der Waals surface area contributed by atoms with E-state index >= 15 is 0 Å². The van der Waals surface area contributed by atoms with Crippen molar-refractivity contribution < 1.29 is 9.59 Å². The van der Waals surface area contributed by atoms with Crippen molar-refractivity contribution in [3.05, 3.63) is 64.7 Å². The molecule has 2 N–H and O–H groups in total. The third-order valence-corrected chi connectivity index (χ3v) is 4.18. The van der Waals surface area contributed by atoms with E-state index in [-0.39, 0.29) is 6.54 Å². The Hall–Kier alpha value is -2.33. The Bertz CT molecular complexity index is 714. The zero-order valence-corrected chi connectivity index (χ0v) is 14.6. The number of para-hydroxylation sites is 1. The first-order valence-electron chi connectivity index (χ1n) is 7.93. The molecule has 1 unspecified atom stereocenters. The summed E-state index contributed by atoms with van der Waals surface area (Å²) in [7, 11) is 0. The molecule has 2 aromatic rings. The maximum absolute atomic E-state index is 12.1. The summed E-state index contributed by atoms with van der Waals surface area (Å²) in [5, 5.41) is 5.94. The average molecular weight is 345 g/mol. The zero-order valence-electron chi connectivity index (χ0n) is 13.8. The smallest absolute Gasteiger partial charge is 0.313 e. The number of carbonyl (C=O) groups excluding carboxylic acids is 2. The molecule has 5 heteroatoms. The number of rotatable bonds is 5. The fraction of sp³-hybridized carbons (Fsp3) is 0.263. The molecular weight excluding hydrogens is 324 g/mol. The highest BCUT2D eigenvalue weighted by Crippen LogP contribution is 2.26. The number of hydrogen-bond acceptors (Lipinski definition) is 2. The summed E-state index contributed by atoms with van der Waals surface area (Å²) in [5.74, 6) is -1.03. The van der Waals surface area contributed by atoms with Crippen LogP contribution in [0.2, 0.25) is 5.02 Å². The van der Waals surface area contributed by atoms with Gasteiger partial charge in [0.05, 0.1) is 0 Å². The molecule has 4 nitrogen and oxygen atoms in total. The Balaban J connectivity index is 1.97. The molecule has 0 heterocycles. The van der Waals surface area contributed by atoms with Crippen molar-refractivity contribution in [1.29, 1.82) is 0 Å². The molecule has 2 amide bonds. The molecule has 0 aromatic heterocycles. The number of hydrogen-bond donors (Lipinski definition) is 2. The van der Waals surface area contributed by atoms with Crippen molar-refractivity contribution in [1.82, 2.24) is 5.32 Å². The second kappa shape index (κ2) is 8.50. The average Bonchev–Trinajstić information content (AvgIpc) is 2.60. The van der Waals surface area contributed by atoms with Gasteiger partial charge >= 0.3 is 11.8 Å². The van der Waals surface area contributed by atoms with Gasteiger partial charge in [-0.3, -0.25) is 9.59 Å². The van der Waals surface area contributed by atoms with Crippen molar-refractivity contribution >= 4 is 29.1 Å². The van der Waals surface area contributed by atoms with Gasteiger partial charge in [-0.25, -0.2) is 0 Å². The first-order valence-corrected chi connectivity index (χ1v) is 8.31. The van der Waals surface area contributed by atoms with Crippen LogP contribution in [0.25, 0.3) is 0 Å². The van der Waals surface area contributed by atoms with Crippen LogP contribution in [-0.2, 0) is 16.1 Å². The van der Waals surface area contributed by atoms with Crippen LogP contribution in [0.5, 0.6) is 0 Å². The Labute approximate surface area is 147 Å². The molecule has 0 aliphatic carbocycles. The molecule has 0 spiro atoms. The number of benzene rings is 2. The lowest BCUT2D eigenvalue weighted by Crippen LogP contribution is -2.35. The van der Waals surface area contributed by atoms with Crippen LogP contribution in [0.3, 0.4) is 0 Å². The van der Waals surface area contributed by atoms with Crippen LogP contribution in [-0.4, -0.2) is 11.8 Å². The predicted octanol–water partition coefficient (Wildman–Crippen LogP) is 4.11. The van der Waals surface area contributed by atoms with E-state index in [4.69, 9.17) is 11.6 Å². The second-order valence-corrected chi connectivity index (χ2v) is 6.10.